The van der Waals surface area contributed by atoms with E-state index < -0.39 is 11.3 Å². The summed E-state index contributed by atoms with van der Waals surface area (Å²) in [6.07, 6.45) is 0. The molecular weight excluding hydrogens is 146 g/mol. The average molecular weight is 148 g/mol. The van der Waals surface area contributed by atoms with Crippen LogP contribution in [0.15, 0.2) is 0 Å². The number of nitrogens with one attached hydrogen (secondary N) is 2. The normalized spacial score (nSPS) is 13.0. The van der Waals surface area contributed by atoms with Crippen molar-refractivity contribution in [3.63, 3.8) is 0 Å². The van der Waals surface area contributed by atoms with Crippen LogP contribution in [0, 0.1) is 0 Å². The van der Waals surface area contributed by atoms with E-state index >= 15 is 0 Å². The Labute approximate surface area is 52.3 Å². The third kappa shape index (κ3) is 1.74. The van der Waals surface area contributed by atoms with Gasteiger partial charge in [-0.3, -0.25) is 8.93 Å². The van der Waals surface area contributed by atoms with Crippen LogP contribution in [0.3, 0.4) is 0 Å². The van der Waals surface area contributed by atoms with Crippen molar-refractivity contribution in [3.05, 3.63) is 0 Å². The van der Waals surface area contributed by atoms with Crippen molar-refractivity contribution < 1.29 is 8.76 Å². The molecule has 0 radical (unpaired) electrons. The fourth-order valence-corrected chi connectivity index (χ4v) is 0.515. The van der Waals surface area contributed by atoms with Crippen molar-refractivity contribution in [2.45, 2.75) is 0 Å². The minimum atomic E-state index is -2.38. The average Bonchev–Trinajstić information content (AvgIpc) is 2.15. The molecule has 0 bridgehead atoms. The highest BCUT2D eigenvalue weighted by atomic mass is 32.2. The summed E-state index contributed by atoms with van der Waals surface area (Å²) in [6, 6.07) is 0. The number of anilines is 1. The van der Waals surface area contributed by atoms with Crippen LogP contribution in [0.25, 0.3) is 0 Å². The third-order valence-electron chi connectivity index (χ3n) is 0.520. The van der Waals surface area contributed by atoms with Gasteiger partial charge in [-0.2, -0.15) is 5.21 Å². The third-order valence-corrected chi connectivity index (χ3v) is 0.869. The molecule has 1 heterocycles. The van der Waals surface area contributed by atoms with Gasteiger partial charge < -0.3 is 4.55 Å². The van der Waals surface area contributed by atoms with Crippen LogP contribution in [0.4, 0.5) is 5.95 Å². The summed E-state index contributed by atoms with van der Waals surface area (Å²) < 4.78 is 21.6. The van der Waals surface area contributed by atoms with Crippen LogP contribution in [-0.4, -0.2) is 29.4 Å². The number of aromatic nitrogens is 4. The molecular formula is CH2N5O2S-. The van der Waals surface area contributed by atoms with E-state index in [0.29, 0.717) is 0 Å². The summed E-state index contributed by atoms with van der Waals surface area (Å²) in [5.74, 6) is -0.0664. The van der Waals surface area contributed by atoms with E-state index in [9.17, 15) is 8.76 Å². The number of rotatable bonds is 2. The zero-order valence-corrected chi connectivity index (χ0v) is 4.88. The van der Waals surface area contributed by atoms with Gasteiger partial charge in [-0.05, 0) is 5.21 Å². The van der Waals surface area contributed by atoms with E-state index in [2.05, 4.69) is 20.6 Å². The highest BCUT2D eigenvalue weighted by Gasteiger charge is 1.91. The van der Waals surface area contributed by atoms with Crippen LogP contribution in [0.2, 0.25) is 0 Å². The molecule has 1 aromatic heterocycles. The Bertz CT molecular complexity index is 195. The SMILES string of the molecule is O=S([O-])Nc1nn[nH]n1. The first-order valence-corrected chi connectivity index (χ1v) is 2.96. The summed E-state index contributed by atoms with van der Waals surface area (Å²) in [4.78, 5) is 0. The molecule has 9 heavy (non-hydrogen) atoms. The van der Waals surface area contributed by atoms with E-state index in [1.807, 2.05) is 4.72 Å². The Kier molecular flexibility index (Phi) is 1.70. The quantitative estimate of drug-likeness (QED) is 0.491. The molecule has 1 unspecified atom stereocenters. The Morgan fingerprint density at radius 2 is 2.56 bits per heavy atom. The Balaban J connectivity index is 2.58. The lowest BCUT2D eigenvalue weighted by Crippen LogP contribution is -2.03. The summed E-state index contributed by atoms with van der Waals surface area (Å²) in [7, 11) is 0. The Morgan fingerprint density at radius 1 is 1.78 bits per heavy atom. The van der Waals surface area contributed by atoms with Crippen LogP contribution >= 0.6 is 0 Å². The maximum absolute atomic E-state index is 9.83. The number of hydrogen-bond donors (Lipinski definition) is 2. The van der Waals surface area contributed by atoms with E-state index in [-0.39, 0.29) is 5.95 Å². The Hall–Kier alpha value is -1.02. The Morgan fingerprint density at radius 3 is 3.00 bits per heavy atom. The van der Waals surface area contributed by atoms with Gasteiger partial charge in [0.1, 0.15) is 0 Å². The molecule has 1 rings (SSSR count). The molecule has 8 heteroatoms. The molecule has 7 nitrogen and oxygen atoms in total. The lowest BCUT2D eigenvalue weighted by Gasteiger charge is -2.00. The molecule has 0 spiro atoms. The van der Waals surface area contributed by atoms with Gasteiger partial charge >= 0.3 is 0 Å². The molecule has 0 aliphatic rings. The second-order valence-electron chi connectivity index (χ2n) is 1.07. The predicted octanol–water partition coefficient (Wildman–Crippen LogP) is -1.59. The highest BCUT2D eigenvalue weighted by molar-refractivity contribution is 7.80. The topological polar surface area (TPSA) is 107 Å². The van der Waals surface area contributed by atoms with Crippen molar-refractivity contribution in [3.8, 4) is 0 Å². The van der Waals surface area contributed by atoms with Crippen LogP contribution in [0.1, 0.15) is 0 Å². The minimum Gasteiger partial charge on any atom is -0.755 e. The van der Waals surface area contributed by atoms with E-state index in [0.717, 1.165) is 0 Å². The second-order valence-corrected chi connectivity index (χ2v) is 1.75. The largest absolute Gasteiger partial charge is 0.755 e. The molecule has 50 valence electrons. The summed E-state index contributed by atoms with van der Waals surface area (Å²) in [5, 5.41) is 11.8. The highest BCUT2D eigenvalue weighted by Crippen LogP contribution is 1.88. The summed E-state index contributed by atoms with van der Waals surface area (Å²) >= 11 is -2.38. The molecule has 2 N–H and O–H groups in total. The number of nitrogens with zero attached hydrogens (tertiary/aromatic N) is 3. The van der Waals surface area contributed by atoms with Crippen molar-refractivity contribution in [2.24, 2.45) is 0 Å². The first-order valence-electron chi connectivity index (χ1n) is 1.88. The van der Waals surface area contributed by atoms with Gasteiger partial charge in [0.25, 0.3) is 5.95 Å². The monoisotopic (exact) mass is 148 g/mol. The van der Waals surface area contributed by atoms with Crippen molar-refractivity contribution in [1.29, 1.82) is 0 Å². The molecule has 0 aromatic carbocycles. The van der Waals surface area contributed by atoms with Crippen molar-refractivity contribution in [2.75, 3.05) is 4.72 Å². The molecule has 0 aliphatic heterocycles. The molecule has 0 fully saturated rings. The van der Waals surface area contributed by atoms with Crippen molar-refractivity contribution in [1.82, 2.24) is 20.6 Å². The van der Waals surface area contributed by atoms with Gasteiger partial charge in [0, 0.05) is 11.3 Å². The van der Waals surface area contributed by atoms with E-state index in [4.69, 9.17) is 0 Å². The van der Waals surface area contributed by atoms with Crippen LogP contribution < -0.4 is 4.72 Å². The molecule has 0 amide bonds. The van der Waals surface area contributed by atoms with E-state index in [1.54, 1.807) is 0 Å². The fourth-order valence-electron chi connectivity index (χ4n) is 0.280. The molecule has 1 aromatic rings. The van der Waals surface area contributed by atoms with Crippen molar-refractivity contribution >= 4 is 17.2 Å². The zero-order chi connectivity index (χ0) is 6.69. The van der Waals surface area contributed by atoms with Gasteiger partial charge in [0.05, 0.1) is 0 Å². The molecule has 0 aliphatic carbocycles. The van der Waals surface area contributed by atoms with Gasteiger partial charge in [-0.15, -0.1) is 5.10 Å². The maximum Gasteiger partial charge on any atom is 0.274 e. The zero-order valence-electron chi connectivity index (χ0n) is 4.07. The smallest absolute Gasteiger partial charge is 0.274 e. The first-order chi connectivity index (χ1) is 4.29. The maximum atomic E-state index is 9.83. The fraction of sp³-hybridized carbons (Fsp3) is 0. The number of H-pyrrole nitrogens is 1. The number of hydrogen-bond acceptors (Lipinski definition) is 5. The second kappa shape index (κ2) is 2.51. The summed E-state index contributed by atoms with van der Waals surface area (Å²) in [6.45, 7) is 0. The summed E-state index contributed by atoms with van der Waals surface area (Å²) in [5.41, 5.74) is 0. The lowest BCUT2D eigenvalue weighted by molar-refractivity contribution is 0.542. The van der Waals surface area contributed by atoms with Gasteiger partial charge in [0.2, 0.25) is 0 Å². The predicted molar refractivity (Wildman–Crippen MR) is 26.7 cm³/mol. The lowest BCUT2D eigenvalue weighted by atomic mass is 11.2. The minimum absolute atomic E-state index is 0.0664. The van der Waals surface area contributed by atoms with Gasteiger partial charge in [0.15, 0.2) is 0 Å². The molecule has 0 saturated carbocycles. The van der Waals surface area contributed by atoms with Gasteiger partial charge in [-0.1, -0.05) is 5.10 Å². The van der Waals surface area contributed by atoms with E-state index in [1.165, 1.54) is 0 Å². The first kappa shape index (κ1) is 6.11. The molecule has 1 atom stereocenters. The van der Waals surface area contributed by atoms with Gasteiger partial charge in [-0.25, -0.2) is 0 Å². The number of tetrazole rings is 1. The number of aromatic amines is 1. The molecule has 0 saturated heterocycles. The van der Waals surface area contributed by atoms with Crippen LogP contribution in [0.5, 0.6) is 0 Å². The standard InChI is InChI=1S/CH3N5O2S/c7-9(8)4-1-2-5-6-3-1/h(H,7,8)(H2,2,3,4,5,6)/p-1. The van der Waals surface area contributed by atoms with Crippen LogP contribution in [-0.2, 0) is 11.3 Å².